The number of nitrogen functional groups attached to an aromatic ring is 1. The fourth-order valence-corrected chi connectivity index (χ4v) is 3.23. The summed E-state index contributed by atoms with van der Waals surface area (Å²) in [5.41, 5.74) is 8.85. The highest BCUT2D eigenvalue weighted by Gasteiger charge is 2.22. The van der Waals surface area contributed by atoms with Crippen LogP contribution in [0.3, 0.4) is 0 Å². The third-order valence-corrected chi connectivity index (χ3v) is 4.42. The number of nitrogens with two attached hydrogens (primary N) is 1. The number of carbonyl (C=O) groups excluding carboxylic acids is 1. The molecule has 0 aliphatic rings. The molecule has 2 N–H and O–H groups in total. The lowest BCUT2D eigenvalue weighted by molar-refractivity contribution is 0.0593. The van der Waals surface area contributed by atoms with Gasteiger partial charge in [-0.3, -0.25) is 4.68 Å². The van der Waals surface area contributed by atoms with Crippen molar-refractivity contribution in [2.75, 3.05) is 12.8 Å². The van der Waals surface area contributed by atoms with Crippen LogP contribution >= 0.6 is 15.9 Å². The standard InChI is InChI=1S/C17H14BrN5O2/c1-22-15(13(18)8-21-22)10-4-3-5-12(6-10)23-9-11(7-19)14(20)16(23)17(24)25-2/h3-6,8-9H,20H2,1-2H3. The number of hydrogen-bond donors (Lipinski definition) is 1. The Bertz CT molecular complexity index is 993. The van der Waals surface area contributed by atoms with E-state index in [1.807, 2.05) is 37.4 Å². The van der Waals surface area contributed by atoms with Crippen molar-refractivity contribution >= 4 is 27.6 Å². The molecule has 0 unspecified atom stereocenters. The van der Waals surface area contributed by atoms with E-state index in [2.05, 4.69) is 21.0 Å². The Labute approximate surface area is 152 Å². The highest BCUT2D eigenvalue weighted by Crippen LogP contribution is 2.30. The summed E-state index contributed by atoms with van der Waals surface area (Å²) in [6.45, 7) is 0. The minimum absolute atomic E-state index is 0.0986. The van der Waals surface area contributed by atoms with Crippen LogP contribution in [-0.2, 0) is 11.8 Å². The zero-order valence-electron chi connectivity index (χ0n) is 13.5. The van der Waals surface area contributed by atoms with E-state index < -0.39 is 5.97 Å². The summed E-state index contributed by atoms with van der Waals surface area (Å²) in [4.78, 5) is 12.1. The van der Waals surface area contributed by atoms with Gasteiger partial charge >= 0.3 is 5.97 Å². The second kappa shape index (κ2) is 6.45. The van der Waals surface area contributed by atoms with Crippen LogP contribution in [0.15, 0.2) is 41.1 Å². The Hall–Kier alpha value is -3.05. The number of halogens is 1. The average Bonchev–Trinajstić information content (AvgIpc) is 3.13. The van der Waals surface area contributed by atoms with Crippen molar-refractivity contribution in [3.8, 4) is 23.0 Å². The first-order valence-electron chi connectivity index (χ1n) is 7.25. The maximum atomic E-state index is 12.1. The summed E-state index contributed by atoms with van der Waals surface area (Å²) in [7, 11) is 3.11. The second-order valence-electron chi connectivity index (χ2n) is 5.29. The van der Waals surface area contributed by atoms with Crippen LogP contribution in [0.4, 0.5) is 5.69 Å². The molecule has 0 spiro atoms. The topological polar surface area (TPSA) is 98.9 Å². The van der Waals surface area contributed by atoms with Crippen molar-refractivity contribution in [1.82, 2.24) is 14.3 Å². The second-order valence-corrected chi connectivity index (χ2v) is 6.15. The van der Waals surface area contributed by atoms with Gasteiger partial charge in [-0.1, -0.05) is 12.1 Å². The number of aryl methyl sites for hydroxylation is 1. The Balaban J connectivity index is 2.21. The fourth-order valence-electron chi connectivity index (χ4n) is 2.66. The van der Waals surface area contributed by atoms with E-state index in [1.54, 1.807) is 15.4 Å². The van der Waals surface area contributed by atoms with E-state index in [0.717, 1.165) is 15.7 Å². The van der Waals surface area contributed by atoms with Crippen LogP contribution in [0.1, 0.15) is 16.1 Å². The number of ether oxygens (including phenoxy) is 1. The van der Waals surface area contributed by atoms with Gasteiger partial charge in [-0.25, -0.2) is 4.79 Å². The number of benzene rings is 1. The molecule has 2 heterocycles. The van der Waals surface area contributed by atoms with E-state index in [0.29, 0.717) is 5.69 Å². The Kier molecular flexibility index (Phi) is 4.33. The van der Waals surface area contributed by atoms with Crippen LogP contribution in [0.5, 0.6) is 0 Å². The van der Waals surface area contributed by atoms with E-state index in [-0.39, 0.29) is 16.9 Å². The van der Waals surface area contributed by atoms with Crippen molar-refractivity contribution in [3.05, 3.63) is 52.4 Å². The normalized spacial score (nSPS) is 10.5. The maximum absolute atomic E-state index is 12.1. The largest absolute Gasteiger partial charge is 0.464 e. The number of nitrogens with zero attached hydrogens (tertiary/aromatic N) is 4. The minimum atomic E-state index is -0.605. The Morgan fingerprint density at radius 2 is 2.20 bits per heavy atom. The maximum Gasteiger partial charge on any atom is 0.357 e. The molecule has 2 aromatic heterocycles. The molecular weight excluding hydrogens is 386 g/mol. The highest BCUT2D eigenvalue weighted by atomic mass is 79.9. The van der Waals surface area contributed by atoms with Gasteiger partial charge in [0.15, 0.2) is 5.69 Å². The molecule has 8 heteroatoms. The van der Waals surface area contributed by atoms with Gasteiger partial charge in [0.1, 0.15) is 6.07 Å². The molecule has 0 saturated heterocycles. The van der Waals surface area contributed by atoms with Gasteiger partial charge in [0, 0.05) is 24.5 Å². The minimum Gasteiger partial charge on any atom is -0.464 e. The third kappa shape index (κ3) is 2.79. The quantitative estimate of drug-likeness (QED) is 0.682. The van der Waals surface area contributed by atoms with Gasteiger partial charge in [0.25, 0.3) is 0 Å². The molecule has 0 aliphatic carbocycles. The summed E-state index contributed by atoms with van der Waals surface area (Å²) >= 11 is 3.48. The molecule has 0 atom stereocenters. The van der Waals surface area contributed by atoms with E-state index in [9.17, 15) is 10.1 Å². The number of aromatic nitrogens is 3. The lowest BCUT2D eigenvalue weighted by Gasteiger charge is -2.11. The van der Waals surface area contributed by atoms with E-state index >= 15 is 0 Å². The van der Waals surface area contributed by atoms with Gasteiger partial charge in [-0.15, -0.1) is 0 Å². The number of hydrogen-bond acceptors (Lipinski definition) is 5. The summed E-state index contributed by atoms with van der Waals surface area (Å²) in [5, 5.41) is 13.4. The zero-order valence-corrected chi connectivity index (χ0v) is 15.1. The van der Waals surface area contributed by atoms with E-state index in [1.165, 1.54) is 13.3 Å². The summed E-state index contributed by atoms with van der Waals surface area (Å²) in [5.74, 6) is -0.605. The van der Waals surface area contributed by atoms with Crippen LogP contribution < -0.4 is 5.73 Å². The molecule has 3 rings (SSSR count). The van der Waals surface area contributed by atoms with Crippen LogP contribution in [-0.4, -0.2) is 27.4 Å². The van der Waals surface area contributed by atoms with Gasteiger partial charge in [-0.05, 0) is 28.1 Å². The van der Waals surface area contributed by atoms with Gasteiger partial charge in [-0.2, -0.15) is 10.4 Å². The molecule has 0 radical (unpaired) electrons. The number of methoxy groups -OCH3 is 1. The molecule has 0 fully saturated rings. The first-order valence-corrected chi connectivity index (χ1v) is 8.04. The first-order chi connectivity index (χ1) is 12.0. The SMILES string of the molecule is COC(=O)c1c(N)c(C#N)cn1-c1cccc(-c2c(Br)cnn2C)c1. The Morgan fingerprint density at radius 3 is 2.80 bits per heavy atom. The zero-order chi connectivity index (χ0) is 18.1. The lowest BCUT2D eigenvalue weighted by atomic mass is 10.1. The van der Waals surface area contributed by atoms with E-state index in [4.69, 9.17) is 10.5 Å². The van der Waals surface area contributed by atoms with Crippen molar-refractivity contribution in [3.63, 3.8) is 0 Å². The molecule has 0 bridgehead atoms. The molecule has 25 heavy (non-hydrogen) atoms. The molecule has 1 aromatic carbocycles. The van der Waals surface area contributed by atoms with Crippen molar-refractivity contribution in [2.24, 2.45) is 7.05 Å². The number of carbonyl (C=O) groups is 1. The third-order valence-electron chi connectivity index (χ3n) is 3.84. The Morgan fingerprint density at radius 1 is 1.44 bits per heavy atom. The van der Waals surface area contributed by atoms with Crippen LogP contribution in [0.25, 0.3) is 16.9 Å². The molecular formula is C17H14BrN5O2. The average molecular weight is 400 g/mol. The molecule has 0 saturated carbocycles. The smallest absolute Gasteiger partial charge is 0.357 e. The predicted octanol–water partition coefficient (Wildman–Crippen LogP) is 2.88. The van der Waals surface area contributed by atoms with Gasteiger partial charge < -0.3 is 15.0 Å². The molecule has 126 valence electrons. The van der Waals surface area contributed by atoms with Crippen LogP contribution in [0, 0.1) is 11.3 Å². The number of nitriles is 1. The summed E-state index contributed by atoms with van der Waals surface area (Å²) in [6.07, 6.45) is 3.24. The van der Waals surface area contributed by atoms with Crippen molar-refractivity contribution in [1.29, 1.82) is 5.26 Å². The summed E-state index contributed by atoms with van der Waals surface area (Å²) < 4.78 is 8.97. The number of anilines is 1. The monoisotopic (exact) mass is 399 g/mol. The van der Waals surface area contributed by atoms with Crippen molar-refractivity contribution in [2.45, 2.75) is 0 Å². The molecule has 7 nitrogen and oxygen atoms in total. The molecule has 0 aliphatic heterocycles. The predicted molar refractivity (Wildman–Crippen MR) is 96.1 cm³/mol. The van der Waals surface area contributed by atoms with Gasteiger partial charge in [0.05, 0.1) is 34.7 Å². The van der Waals surface area contributed by atoms with Crippen molar-refractivity contribution < 1.29 is 9.53 Å². The number of esters is 1. The molecule has 0 amide bonds. The lowest BCUT2D eigenvalue weighted by Crippen LogP contribution is -2.11. The summed E-state index contributed by atoms with van der Waals surface area (Å²) in [6, 6.07) is 9.48. The fraction of sp³-hybridized carbons (Fsp3) is 0.118. The first kappa shape index (κ1) is 16.8. The van der Waals surface area contributed by atoms with Gasteiger partial charge in [0.2, 0.25) is 0 Å². The highest BCUT2D eigenvalue weighted by molar-refractivity contribution is 9.10. The van der Waals surface area contributed by atoms with Crippen LogP contribution in [0.2, 0.25) is 0 Å². The molecule has 3 aromatic rings. The number of rotatable bonds is 3.